The summed E-state index contributed by atoms with van der Waals surface area (Å²) in [6.45, 7) is 5.73. The van der Waals surface area contributed by atoms with Gasteiger partial charge in [0, 0.05) is 10.9 Å². The first kappa shape index (κ1) is 17.1. The van der Waals surface area contributed by atoms with E-state index in [4.69, 9.17) is 0 Å². The number of carboxylic acid groups (broad SMARTS) is 1. The summed E-state index contributed by atoms with van der Waals surface area (Å²) in [5.41, 5.74) is -0.814. The number of carboxylic acids is 1. The van der Waals surface area contributed by atoms with Gasteiger partial charge in [-0.15, -0.1) is 11.8 Å². The molecule has 0 spiro atoms. The van der Waals surface area contributed by atoms with Gasteiger partial charge in [-0.1, -0.05) is 24.6 Å². The van der Waals surface area contributed by atoms with Crippen LogP contribution in [0.4, 0.5) is 0 Å². The molecule has 0 saturated carbocycles. The van der Waals surface area contributed by atoms with E-state index in [9.17, 15) is 9.90 Å². The van der Waals surface area contributed by atoms with Gasteiger partial charge < -0.3 is 5.11 Å². The van der Waals surface area contributed by atoms with Gasteiger partial charge in [-0.3, -0.25) is 10.1 Å². The maximum Gasteiger partial charge on any atom is 0.323 e. The smallest absolute Gasteiger partial charge is 0.323 e. The molecule has 1 atom stereocenters. The van der Waals surface area contributed by atoms with Gasteiger partial charge in [-0.05, 0) is 51.5 Å². The Morgan fingerprint density at radius 2 is 1.95 bits per heavy atom. The van der Waals surface area contributed by atoms with Crippen LogP contribution in [0.3, 0.4) is 0 Å². The van der Waals surface area contributed by atoms with Crippen LogP contribution in [-0.4, -0.2) is 28.4 Å². The summed E-state index contributed by atoms with van der Waals surface area (Å²) in [4.78, 5) is 12.6. The average molecular weight is 295 g/mol. The first-order chi connectivity index (χ1) is 9.44. The van der Waals surface area contributed by atoms with Gasteiger partial charge in [0.2, 0.25) is 0 Å². The van der Waals surface area contributed by atoms with E-state index >= 15 is 0 Å². The molecule has 0 aliphatic heterocycles. The molecule has 0 aliphatic rings. The van der Waals surface area contributed by atoms with Crippen molar-refractivity contribution < 1.29 is 9.90 Å². The van der Waals surface area contributed by atoms with Crippen molar-refractivity contribution in [3.63, 3.8) is 0 Å². The molecule has 0 bridgehead atoms. The second-order valence-corrected chi connectivity index (χ2v) is 6.72. The molecular formula is C16H25NO2S. The number of carbonyl (C=O) groups is 1. The summed E-state index contributed by atoms with van der Waals surface area (Å²) < 4.78 is 0. The van der Waals surface area contributed by atoms with Crippen molar-refractivity contribution in [2.75, 3.05) is 5.75 Å². The predicted octanol–water partition coefficient (Wildman–Crippen LogP) is 3.79. The highest BCUT2D eigenvalue weighted by Crippen LogP contribution is 2.21. The standard InChI is InChI=1S/C16H25NO2S/c1-13(2)17-16(3,15(18)19)11-7-8-12-20-14-9-5-4-6-10-14/h4-6,9-10,13,17H,7-8,11-12H2,1-3H3,(H,18,19). The molecule has 3 nitrogen and oxygen atoms in total. The Morgan fingerprint density at radius 3 is 2.50 bits per heavy atom. The van der Waals surface area contributed by atoms with Crippen LogP contribution in [0.15, 0.2) is 35.2 Å². The topological polar surface area (TPSA) is 49.3 Å². The lowest BCUT2D eigenvalue weighted by Crippen LogP contribution is -2.52. The lowest BCUT2D eigenvalue weighted by molar-refractivity contribution is -0.144. The fourth-order valence-electron chi connectivity index (χ4n) is 2.17. The fraction of sp³-hybridized carbons (Fsp3) is 0.562. The van der Waals surface area contributed by atoms with Crippen molar-refractivity contribution in [3.05, 3.63) is 30.3 Å². The van der Waals surface area contributed by atoms with E-state index in [0.29, 0.717) is 6.42 Å². The van der Waals surface area contributed by atoms with Crippen molar-refractivity contribution in [2.24, 2.45) is 0 Å². The molecule has 0 saturated heterocycles. The molecule has 4 heteroatoms. The third-order valence-corrected chi connectivity index (χ3v) is 4.26. The van der Waals surface area contributed by atoms with Gasteiger partial charge in [0.15, 0.2) is 0 Å². The summed E-state index contributed by atoms with van der Waals surface area (Å²) in [5.74, 6) is 0.267. The Hall–Kier alpha value is -1.00. The van der Waals surface area contributed by atoms with Gasteiger partial charge in [0.05, 0.1) is 0 Å². The molecule has 1 aromatic carbocycles. The highest BCUT2D eigenvalue weighted by molar-refractivity contribution is 7.99. The van der Waals surface area contributed by atoms with Gasteiger partial charge in [-0.25, -0.2) is 0 Å². The van der Waals surface area contributed by atoms with Crippen molar-refractivity contribution in [3.8, 4) is 0 Å². The van der Waals surface area contributed by atoms with Crippen LogP contribution in [0, 0.1) is 0 Å². The summed E-state index contributed by atoms with van der Waals surface area (Å²) in [6.07, 6.45) is 2.61. The van der Waals surface area contributed by atoms with Crippen LogP contribution in [-0.2, 0) is 4.79 Å². The second-order valence-electron chi connectivity index (χ2n) is 5.55. The first-order valence-electron chi connectivity index (χ1n) is 7.13. The predicted molar refractivity (Wildman–Crippen MR) is 85.3 cm³/mol. The van der Waals surface area contributed by atoms with E-state index in [0.717, 1.165) is 18.6 Å². The number of hydrogen-bond donors (Lipinski definition) is 2. The molecule has 1 aromatic rings. The van der Waals surface area contributed by atoms with E-state index in [2.05, 4.69) is 17.4 Å². The Bertz CT molecular complexity index is 408. The maximum absolute atomic E-state index is 11.4. The van der Waals surface area contributed by atoms with E-state index in [1.807, 2.05) is 43.8 Å². The minimum atomic E-state index is -0.814. The van der Waals surface area contributed by atoms with E-state index in [1.165, 1.54) is 4.90 Å². The van der Waals surface area contributed by atoms with Crippen LogP contribution >= 0.6 is 11.8 Å². The highest BCUT2D eigenvalue weighted by atomic mass is 32.2. The van der Waals surface area contributed by atoms with Crippen LogP contribution in [0.1, 0.15) is 40.0 Å². The zero-order valence-electron chi connectivity index (χ0n) is 12.6. The Kier molecular flexibility index (Phi) is 7.10. The molecule has 0 heterocycles. The van der Waals surface area contributed by atoms with Crippen molar-refractivity contribution in [2.45, 2.75) is 56.5 Å². The lowest BCUT2D eigenvalue weighted by Gasteiger charge is -2.28. The van der Waals surface area contributed by atoms with Gasteiger partial charge in [0.1, 0.15) is 5.54 Å². The molecular weight excluding hydrogens is 270 g/mol. The van der Waals surface area contributed by atoms with E-state index in [1.54, 1.807) is 6.92 Å². The molecule has 2 N–H and O–H groups in total. The molecule has 0 radical (unpaired) electrons. The molecule has 112 valence electrons. The van der Waals surface area contributed by atoms with E-state index in [-0.39, 0.29) is 6.04 Å². The number of nitrogens with one attached hydrogen (secondary N) is 1. The summed E-state index contributed by atoms with van der Waals surface area (Å²) >= 11 is 1.83. The normalized spacial score (nSPS) is 14.2. The van der Waals surface area contributed by atoms with Crippen LogP contribution in [0.5, 0.6) is 0 Å². The molecule has 0 aromatic heterocycles. The maximum atomic E-state index is 11.4. The van der Waals surface area contributed by atoms with E-state index < -0.39 is 11.5 Å². The lowest BCUT2D eigenvalue weighted by atomic mass is 9.94. The minimum Gasteiger partial charge on any atom is -0.480 e. The molecule has 1 rings (SSSR count). The third-order valence-electron chi connectivity index (χ3n) is 3.16. The largest absolute Gasteiger partial charge is 0.480 e. The Morgan fingerprint density at radius 1 is 1.30 bits per heavy atom. The number of aliphatic carboxylic acids is 1. The molecule has 0 fully saturated rings. The molecule has 20 heavy (non-hydrogen) atoms. The fourth-order valence-corrected chi connectivity index (χ4v) is 3.10. The molecule has 0 amide bonds. The quantitative estimate of drug-likeness (QED) is 0.537. The summed E-state index contributed by atoms with van der Waals surface area (Å²) in [6, 6.07) is 10.5. The summed E-state index contributed by atoms with van der Waals surface area (Å²) in [5, 5.41) is 12.5. The monoisotopic (exact) mass is 295 g/mol. The zero-order valence-corrected chi connectivity index (χ0v) is 13.4. The summed E-state index contributed by atoms with van der Waals surface area (Å²) in [7, 11) is 0. The molecule has 1 unspecified atom stereocenters. The Balaban J connectivity index is 2.29. The second kappa shape index (κ2) is 8.32. The number of benzene rings is 1. The minimum absolute atomic E-state index is 0.176. The first-order valence-corrected chi connectivity index (χ1v) is 8.11. The van der Waals surface area contributed by atoms with Crippen molar-refractivity contribution in [1.29, 1.82) is 0 Å². The van der Waals surface area contributed by atoms with Gasteiger partial charge >= 0.3 is 5.97 Å². The van der Waals surface area contributed by atoms with Gasteiger partial charge in [0.25, 0.3) is 0 Å². The SMILES string of the molecule is CC(C)NC(C)(CCCCSc1ccccc1)C(=O)O. The van der Waals surface area contributed by atoms with Crippen LogP contribution < -0.4 is 5.32 Å². The van der Waals surface area contributed by atoms with Gasteiger partial charge in [-0.2, -0.15) is 0 Å². The zero-order chi connectivity index (χ0) is 15.0. The number of hydrogen-bond acceptors (Lipinski definition) is 3. The molecule has 0 aliphatic carbocycles. The third kappa shape index (κ3) is 5.97. The van der Waals surface area contributed by atoms with Crippen molar-refractivity contribution in [1.82, 2.24) is 5.32 Å². The number of unbranched alkanes of at least 4 members (excludes halogenated alkanes) is 1. The number of rotatable bonds is 9. The Labute approximate surface area is 126 Å². The van der Waals surface area contributed by atoms with Crippen LogP contribution in [0.25, 0.3) is 0 Å². The van der Waals surface area contributed by atoms with Crippen molar-refractivity contribution >= 4 is 17.7 Å². The average Bonchev–Trinajstić information content (AvgIpc) is 2.38. The number of thioether (sulfide) groups is 1. The van der Waals surface area contributed by atoms with Crippen LogP contribution in [0.2, 0.25) is 0 Å². The highest BCUT2D eigenvalue weighted by Gasteiger charge is 2.32.